The first-order valence-electron chi connectivity index (χ1n) is 6.69. The van der Waals surface area contributed by atoms with Gasteiger partial charge in [-0.15, -0.1) is 0 Å². The van der Waals surface area contributed by atoms with Gasteiger partial charge in [-0.25, -0.2) is 0 Å². The van der Waals surface area contributed by atoms with Crippen molar-refractivity contribution in [2.45, 2.75) is 57.2 Å². The SMILES string of the molecule is CC1(O)CCCN(C(=O)CC2CCCO2)CC1. The molecule has 0 bridgehead atoms. The van der Waals surface area contributed by atoms with Crippen LogP contribution in [0.3, 0.4) is 0 Å². The van der Waals surface area contributed by atoms with Crippen LogP contribution in [0.15, 0.2) is 0 Å². The Balaban J connectivity index is 1.82. The third-order valence-corrected chi connectivity index (χ3v) is 3.84. The first kappa shape index (κ1) is 12.8. The molecule has 0 saturated carbocycles. The van der Waals surface area contributed by atoms with Crippen molar-refractivity contribution in [3.8, 4) is 0 Å². The summed E-state index contributed by atoms with van der Waals surface area (Å²) in [4.78, 5) is 14.0. The Kier molecular flexibility index (Phi) is 4.05. The molecule has 0 aromatic heterocycles. The fourth-order valence-corrected chi connectivity index (χ4v) is 2.64. The summed E-state index contributed by atoms with van der Waals surface area (Å²) < 4.78 is 5.49. The highest BCUT2D eigenvalue weighted by atomic mass is 16.5. The van der Waals surface area contributed by atoms with Crippen molar-refractivity contribution in [1.29, 1.82) is 0 Å². The molecule has 2 heterocycles. The molecule has 2 fully saturated rings. The normalized spacial score (nSPS) is 34.7. The largest absolute Gasteiger partial charge is 0.390 e. The van der Waals surface area contributed by atoms with E-state index >= 15 is 0 Å². The summed E-state index contributed by atoms with van der Waals surface area (Å²) in [6.45, 7) is 4.12. The van der Waals surface area contributed by atoms with E-state index in [0.717, 1.165) is 38.8 Å². The van der Waals surface area contributed by atoms with Gasteiger partial charge in [0.15, 0.2) is 0 Å². The van der Waals surface area contributed by atoms with E-state index in [1.165, 1.54) is 0 Å². The van der Waals surface area contributed by atoms with E-state index in [9.17, 15) is 9.90 Å². The Morgan fingerprint density at radius 2 is 2.24 bits per heavy atom. The smallest absolute Gasteiger partial charge is 0.225 e. The predicted molar refractivity (Wildman–Crippen MR) is 64.6 cm³/mol. The van der Waals surface area contributed by atoms with Crippen molar-refractivity contribution in [2.75, 3.05) is 19.7 Å². The lowest BCUT2D eigenvalue weighted by atomic mass is 9.98. The number of carbonyl (C=O) groups is 1. The Morgan fingerprint density at radius 1 is 1.41 bits per heavy atom. The lowest BCUT2D eigenvalue weighted by molar-refractivity contribution is -0.133. The monoisotopic (exact) mass is 241 g/mol. The first-order chi connectivity index (χ1) is 8.07. The Morgan fingerprint density at radius 3 is 2.94 bits per heavy atom. The number of aliphatic hydroxyl groups is 1. The van der Waals surface area contributed by atoms with Crippen molar-refractivity contribution in [1.82, 2.24) is 4.90 Å². The van der Waals surface area contributed by atoms with Gasteiger partial charge in [-0.1, -0.05) is 0 Å². The number of rotatable bonds is 2. The van der Waals surface area contributed by atoms with Gasteiger partial charge in [-0.2, -0.15) is 0 Å². The van der Waals surface area contributed by atoms with E-state index < -0.39 is 5.60 Å². The summed E-state index contributed by atoms with van der Waals surface area (Å²) >= 11 is 0. The van der Waals surface area contributed by atoms with E-state index in [2.05, 4.69) is 0 Å². The molecule has 0 aromatic rings. The molecule has 0 radical (unpaired) electrons. The van der Waals surface area contributed by atoms with Crippen LogP contribution in [0.25, 0.3) is 0 Å². The second-order valence-electron chi connectivity index (χ2n) is 5.57. The molecule has 17 heavy (non-hydrogen) atoms. The van der Waals surface area contributed by atoms with Gasteiger partial charge < -0.3 is 14.7 Å². The summed E-state index contributed by atoms with van der Waals surface area (Å²) in [5.74, 6) is 0.189. The van der Waals surface area contributed by atoms with E-state index in [0.29, 0.717) is 19.4 Å². The van der Waals surface area contributed by atoms with E-state index in [1.54, 1.807) is 0 Å². The second-order valence-corrected chi connectivity index (χ2v) is 5.57. The zero-order valence-corrected chi connectivity index (χ0v) is 10.7. The molecule has 2 unspecified atom stereocenters. The Bertz CT molecular complexity index is 272. The molecule has 1 amide bonds. The van der Waals surface area contributed by atoms with Crippen LogP contribution in [0, 0.1) is 0 Å². The van der Waals surface area contributed by atoms with Gasteiger partial charge >= 0.3 is 0 Å². The van der Waals surface area contributed by atoms with Crippen molar-refractivity contribution in [3.05, 3.63) is 0 Å². The van der Waals surface area contributed by atoms with E-state index in [-0.39, 0.29) is 12.0 Å². The first-order valence-corrected chi connectivity index (χ1v) is 6.69. The van der Waals surface area contributed by atoms with Gasteiger partial charge in [-0.05, 0) is 39.0 Å². The van der Waals surface area contributed by atoms with E-state index in [4.69, 9.17) is 4.74 Å². The Labute approximate surface area is 103 Å². The topological polar surface area (TPSA) is 49.8 Å². The molecule has 0 aliphatic carbocycles. The second kappa shape index (κ2) is 5.36. The zero-order chi connectivity index (χ0) is 12.3. The molecule has 2 saturated heterocycles. The fraction of sp³-hybridized carbons (Fsp3) is 0.923. The molecular formula is C13H23NO3. The van der Waals surface area contributed by atoms with Crippen LogP contribution < -0.4 is 0 Å². The van der Waals surface area contributed by atoms with Crippen LogP contribution in [0.1, 0.15) is 45.4 Å². The maximum Gasteiger partial charge on any atom is 0.225 e. The van der Waals surface area contributed by atoms with Gasteiger partial charge in [0.1, 0.15) is 0 Å². The minimum Gasteiger partial charge on any atom is -0.390 e. The van der Waals surface area contributed by atoms with Crippen LogP contribution in [0.5, 0.6) is 0 Å². The molecule has 0 aromatic carbocycles. The minimum atomic E-state index is -0.598. The highest BCUT2D eigenvalue weighted by Crippen LogP contribution is 2.23. The maximum absolute atomic E-state index is 12.1. The lowest BCUT2D eigenvalue weighted by Gasteiger charge is -2.23. The standard InChI is InChI=1S/C13H23NO3/c1-13(16)5-3-7-14(8-6-13)12(15)10-11-4-2-9-17-11/h11,16H,2-10H2,1H3. The van der Waals surface area contributed by atoms with Crippen LogP contribution in [0.2, 0.25) is 0 Å². The van der Waals surface area contributed by atoms with Gasteiger partial charge in [-0.3, -0.25) is 4.79 Å². The van der Waals surface area contributed by atoms with Gasteiger partial charge in [0, 0.05) is 19.7 Å². The van der Waals surface area contributed by atoms with E-state index in [1.807, 2.05) is 11.8 Å². The average Bonchev–Trinajstić information content (AvgIpc) is 2.68. The number of ether oxygens (including phenoxy) is 1. The zero-order valence-electron chi connectivity index (χ0n) is 10.7. The highest BCUT2D eigenvalue weighted by molar-refractivity contribution is 5.76. The van der Waals surface area contributed by atoms with Gasteiger partial charge in [0.25, 0.3) is 0 Å². The molecule has 4 heteroatoms. The van der Waals surface area contributed by atoms with Crippen molar-refractivity contribution >= 4 is 5.91 Å². The molecule has 1 N–H and O–H groups in total. The Hall–Kier alpha value is -0.610. The van der Waals surface area contributed by atoms with Crippen molar-refractivity contribution in [2.24, 2.45) is 0 Å². The number of hydrogen-bond acceptors (Lipinski definition) is 3. The fourth-order valence-electron chi connectivity index (χ4n) is 2.64. The quantitative estimate of drug-likeness (QED) is 0.793. The number of amides is 1. The average molecular weight is 241 g/mol. The summed E-state index contributed by atoms with van der Waals surface area (Å²) in [6.07, 6.45) is 5.10. The molecular weight excluding hydrogens is 218 g/mol. The summed E-state index contributed by atoms with van der Waals surface area (Å²) in [5.41, 5.74) is -0.598. The van der Waals surface area contributed by atoms with Gasteiger partial charge in [0.2, 0.25) is 5.91 Å². The summed E-state index contributed by atoms with van der Waals surface area (Å²) in [5, 5.41) is 9.98. The number of carbonyl (C=O) groups excluding carboxylic acids is 1. The summed E-state index contributed by atoms with van der Waals surface area (Å²) in [6, 6.07) is 0. The molecule has 4 nitrogen and oxygen atoms in total. The molecule has 0 spiro atoms. The molecule has 2 aliphatic heterocycles. The van der Waals surface area contributed by atoms with Crippen LogP contribution in [-0.4, -0.2) is 47.3 Å². The minimum absolute atomic E-state index is 0.131. The highest BCUT2D eigenvalue weighted by Gasteiger charge is 2.28. The number of hydrogen-bond donors (Lipinski definition) is 1. The molecule has 98 valence electrons. The van der Waals surface area contributed by atoms with Crippen LogP contribution >= 0.6 is 0 Å². The number of nitrogens with zero attached hydrogens (tertiary/aromatic N) is 1. The summed E-state index contributed by atoms with van der Waals surface area (Å²) in [7, 11) is 0. The maximum atomic E-state index is 12.1. The molecule has 2 aliphatic rings. The van der Waals surface area contributed by atoms with Crippen molar-refractivity contribution in [3.63, 3.8) is 0 Å². The third-order valence-electron chi connectivity index (χ3n) is 3.84. The number of likely N-dealkylation sites (tertiary alicyclic amines) is 1. The molecule has 2 rings (SSSR count). The predicted octanol–water partition coefficient (Wildman–Crippen LogP) is 1.32. The van der Waals surface area contributed by atoms with Crippen LogP contribution in [0.4, 0.5) is 0 Å². The molecule has 2 atom stereocenters. The van der Waals surface area contributed by atoms with Crippen molar-refractivity contribution < 1.29 is 14.6 Å². The lowest BCUT2D eigenvalue weighted by Crippen LogP contribution is -2.35. The van der Waals surface area contributed by atoms with Crippen LogP contribution in [-0.2, 0) is 9.53 Å². The van der Waals surface area contributed by atoms with Gasteiger partial charge in [0.05, 0.1) is 18.1 Å². The third kappa shape index (κ3) is 3.68.